The second-order valence-corrected chi connectivity index (χ2v) is 4.39. The SMILES string of the molecule is Cn1nccc1NC(=O)C1(CN)CCOCC1. The van der Waals surface area contributed by atoms with Crippen LogP contribution in [0.2, 0.25) is 0 Å². The van der Waals surface area contributed by atoms with Crippen LogP contribution in [0.15, 0.2) is 12.3 Å². The van der Waals surface area contributed by atoms with E-state index in [1.54, 1.807) is 24.0 Å². The van der Waals surface area contributed by atoms with Crippen molar-refractivity contribution in [2.24, 2.45) is 18.2 Å². The highest BCUT2D eigenvalue weighted by atomic mass is 16.5. The van der Waals surface area contributed by atoms with Gasteiger partial charge < -0.3 is 15.8 Å². The normalized spacial score (nSPS) is 18.9. The summed E-state index contributed by atoms with van der Waals surface area (Å²) in [6, 6.07) is 1.77. The molecule has 0 saturated carbocycles. The Morgan fingerprint density at radius 2 is 2.35 bits per heavy atom. The first-order valence-corrected chi connectivity index (χ1v) is 5.75. The van der Waals surface area contributed by atoms with Gasteiger partial charge in [0, 0.05) is 32.9 Å². The topological polar surface area (TPSA) is 82.2 Å². The highest BCUT2D eigenvalue weighted by Gasteiger charge is 2.39. The number of nitrogens with zero attached hydrogens (tertiary/aromatic N) is 2. The molecule has 0 radical (unpaired) electrons. The maximum Gasteiger partial charge on any atom is 0.233 e. The van der Waals surface area contributed by atoms with Gasteiger partial charge in [-0.25, -0.2) is 0 Å². The second kappa shape index (κ2) is 4.85. The number of hydrogen-bond acceptors (Lipinski definition) is 4. The van der Waals surface area contributed by atoms with Gasteiger partial charge >= 0.3 is 0 Å². The van der Waals surface area contributed by atoms with Crippen LogP contribution in [0.5, 0.6) is 0 Å². The summed E-state index contributed by atoms with van der Waals surface area (Å²) in [7, 11) is 1.79. The van der Waals surface area contributed by atoms with Gasteiger partial charge in [0.15, 0.2) is 0 Å². The van der Waals surface area contributed by atoms with Crippen LogP contribution >= 0.6 is 0 Å². The molecule has 3 N–H and O–H groups in total. The van der Waals surface area contributed by atoms with E-state index >= 15 is 0 Å². The fourth-order valence-corrected chi connectivity index (χ4v) is 2.03. The number of nitrogens with two attached hydrogens (primary N) is 1. The summed E-state index contributed by atoms with van der Waals surface area (Å²) < 4.78 is 6.91. The monoisotopic (exact) mass is 238 g/mol. The zero-order chi connectivity index (χ0) is 12.3. The van der Waals surface area contributed by atoms with Crippen molar-refractivity contribution in [2.75, 3.05) is 25.1 Å². The number of carbonyl (C=O) groups is 1. The van der Waals surface area contributed by atoms with E-state index in [1.165, 1.54) is 0 Å². The van der Waals surface area contributed by atoms with E-state index < -0.39 is 5.41 Å². The van der Waals surface area contributed by atoms with Gasteiger partial charge in [-0.1, -0.05) is 0 Å². The van der Waals surface area contributed by atoms with Gasteiger partial charge in [-0.05, 0) is 12.8 Å². The number of carbonyl (C=O) groups excluding carboxylic acids is 1. The van der Waals surface area contributed by atoms with Crippen LogP contribution in [-0.2, 0) is 16.6 Å². The van der Waals surface area contributed by atoms with Gasteiger partial charge in [-0.15, -0.1) is 0 Å². The molecule has 1 amide bonds. The van der Waals surface area contributed by atoms with E-state index in [1.807, 2.05) is 0 Å². The minimum atomic E-state index is -0.497. The predicted molar refractivity (Wildman–Crippen MR) is 63.4 cm³/mol. The number of aromatic nitrogens is 2. The van der Waals surface area contributed by atoms with Gasteiger partial charge in [0.2, 0.25) is 5.91 Å². The number of ether oxygens (including phenoxy) is 1. The van der Waals surface area contributed by atoms with E-state index in [4.69, 9.17) is 10.5 Å². The third-order valence-corrected chi connectivity index (χ3v) is 3.38. The maximum atomic E-state index is 12.3. The van der Waals surface area contributed by atoms with Crippen molar-refractivity contribution in [3.63, 3.8) is 0 Å². The van der Waals surface area contributed by atoms with Crippen LogP contribution < -0.4 is 11.1 Å². The lowest BCUT2D eigenvalue weighted by Crippen LogP contribution is -2.46. The molecular weight excluding hydrogens is 220 g/mol. The molecule has 1 aromatic rings. The molecule has 1 saturated heterocycles. The molecule has 1 aromatic heterocycles. The van der Waals surface area contributed by atoms with Gasteiger partial charge in [0.05, 0.1) is 11.6 Å². The Bertz CT molecular complexity index is 396. The molecule has 1 fully saturated rings. The Hall–Kier alpha value is -1.40. The van der Waals surface area contributed by atoms with Crippen molar-refractivity contribution in [3.05, 3.63) is 12.3 Å². The minimum absolute atomic E-state index is 0.0353. The van der Waals surface area contributed by atoms with E-state index in [-0.39, 0.29) is 5.91 Å². The van der Waals surface area contributed by atoms with Crippen LogP contribution in [0, 0.1) is 5.41 Å². The molecular formula is C11H18N4O2. The summed E-state index contributed by atoms with van der Waals surface area (Å²) >= 11 is 0. The minimum Gasteiger partial charge on any atom is -0.381 e. The molecule has 1 aliphatic heterocycles. The predicted octanol–water partition coefficient (Wildman–Crippen LogP) is 0.114. The summed E-state index contributed by atoms with van der Waals surface area (Å²) in [4.78, 5) is 12.3. The summed E-state index contributed by atoms with van der Waals surface area (Å²) in [6.07, 6.45) is 3.00. The second-order valence-electron chi connectivity index (χ2n) is 4.39. The summed E-state index contributed by atoms with van der Waals surface area (Å²) in [6.45, 7) is 1.53. The number of hydrogen-bond donors (Lipinski definition) is 2. The summed E-state index contributed by atoms with van der Waals surface area (Å²) in [5.41, 5.74) is 5.27. The van der Waals surface area contributed by atoms with Crippen molar-refractivity contribution in [2.45, 2.75) is 12.8 Å². The number of rotatable bonds is 3. The standard InChI is InChI=1S/C11H18N4O2/c1-15-9(2-5-13-15)14-10(16)11(8-12)3-6-17-7-4-11/h2,5H,3-4,6-8,12H2,1H3,(H,14,16). The highest BCUT2D eigenvalue weighted by molar-refractivity contribution is 5.94. The Labute approximate surface area is 100 Å². The lowest BCUT2D eigenvalue weighted by molar-refractivity contribution is -0.130. The van der Waals surface area contributed by atoms with E-state index in [0.29, 0.717) is 38.4 Å². The van der Waals surface area contributed by atoms with Gasteiger partial charge in [-0.3, -0.25) is 9.48 Å². The lowest BCUT2D eigenvalue weighted by atomic mass is 9.79. The third kappa shape index (κ3) is 2.32. The quantitative estimate of drug-likeness (QED) is 0.783. The highest BCUT2D eigenvalue weighted by Crippen LogP contribution is 2.30. The summed E-state index contributed by atoms with van der Waals surface area (Å²) in [5, 5.41) is 6.89. The average Bonchev–Trinajstić information content (AvgIpc) is 2.76. The fourth-order valence-electron chi connectivity index (χ4n) is 2.03. The molecule has 94 valence electrons. The first-order valence-electron chi connectivity index (χ1n) is 5.75. The van der Waals surface area contributed by atoms with Crippen molar-refractivity contribution in [1.82, 2.24) is 9.78 Å². The Balaban J connectivity index is 2.10. The van der Waals surface area contributed by atoms with Crippen molar-refractivity contribution in [1.29, 1.82) is 0 Å². The van der Waals surface area contributed by atoms with Crippen LogP contribution in [0.1, 0.15) is 12.8 Å². The fraction of sp³-hybridized carbons (Fsp3) is 0.636. The van der Waals surface area contributed by atoms with Crippen molar-refractivity contribution < 1.29 is 9.53 Å². The smallest absolute Gasteiger partial charge is 0.233 e. The van der Waals surface area contributed by atoms with Crippen LogP contribution in [0.3, 0.4) is 0 Å². The Morgan fingerprint density at radius 1 is 1.65 bits per heavy atom. The molecule has 0 aliphatic carbocycles. The number of anilines is 1. The van der Waals surface area contributed by atoms with Gasteiger partial charge in [-0.2, -0.15) is 5.10 Å². The van der Waals surface area contributed by atoms with Gasteiger partial charge in [0.1, 0.15) is 5.82 Å². The first kappa shape index (κ1) is 12.1. The molecule has 2 heterocycles. The maximum absolute atomic E-state index is 12.3. The zero-order valence-corrected chi connectivity index (χ0v) is 9.98. The number of aryl methyl sites for hydroxylation is 1. The molecule has 0 bridgehead atoms. The molecule has 17 heavy (non-hydrogen) atoms. The van der Waals surface area contributed by atoms with Crippen LogP contribution in [0.4, 0.5) is 5.82 Å². The van der Waals surface area contributed by atoms with E-state index in [9.17, 15) is 4.79 Å². The molecule has 0 atom stereocenters. The molecule has 6 nitrogen and oxygen atoms in total. The molecule has 0 spiro atoms. The number of nitrogens with one attached hydrogen (secondary N) is 1. The molecule has 0 aromatic carbocycles. The van der Waals surface area contributed by atoms with E-state index in [0.717, 1.165) is 0 Å². The van der Waals surface area contributed by atoms with Crippen molar-refractivity contribution in [3.8, 4) is 0 Å². The number of amides is 1. The Kier molecular flexibility index (Phi) is 3.44. The molecule has 2 rings (SSSR count). The zero-order valence-electron chi connectivity index (χ0n) is 9.98. The molecule has 0 unspecified atom stereocenters. The van der Waals surface area contributed by atoms with Gasteiger partial charge in [0.25, 0.3) is 0 Å². The lowest BCUT2D eigenvalue weighted by Gasteiger charge is -2.34. The first-order chi connectivity index (χ1) is 8.18. The average molecular weight is 238 g/mol. The van der Waals surface area contributed by atoms with E-state index in [2.05, 4.69) is 10.4 Å². The molecule has 1 aliphatic rings. The third-order valence-electron chi connectivity index (χ3n) is 3.38. The van der Waals surface area contributed by atoms with Crippen LogP contribution in [-0.4, -0.2) is 35.4 Å². The molecule has 6 heteroatoms. The summed E-state index contributed by atoms with van der Waals surface area (Å²) in [5.74, 6) is 0.654. The largest absolute Gasteiger partial charge is 0.381 e. The Morgan fingerprint density at radius 3 is 2.88 bits per heavy atom. The van der Waals surface area contributed by atoms with Crippen LogP contribution in [0.25, 0.3) is 0 Å². The van der Waals surface area contributed by atoms with Crippen molar-refractivity contribution >= 4 is 11.7 Å².